The van der Waals surface area contributed by atoms with E-state index < -0.39 is 12.1 Å². The highest BCUT2D eigenvalue weighted by atomic mass is 16.5. The van der Waals surface area contributed by atoms with Gasteiger partial charge in [0.15, 0.2) is 0 Å². The fourth-order valence-electron chi connectivity index (χ4n) is 10.0. The molecule has 2 unspecified atom stereocenters. The average Bonchev–Trinajstić information content (AvgIpc) is 3.37. The Morgan fingerprint density at radius 1 is 0.380 bits per heavy atom. The molecular weight excluding hydrogens is 875 g/mol. The molecule has 0 aliphatic rings. The molecule has 420 valence electrons. The Morgan fingerprint density at radius 3 is 1.00 bits per heavy atom. The van der Waals surface area contributed by atoms with Gasteiger partial charge in [-0.3, -0.25) is 9.59 Å². The maximum absolute atomic E-state index is 12.5. The quantitative estimate of drug-likeness (QED) is 0.0320. The molecule has 0 aliphatic carbocycles. The van der Waals surface area contributed by atoms with Gasteiger partial charge >= 0.3 is 5.97 Å². The molecule has 0 aliphatic heterocycles. The summed E-state index contributed by atoms with van der Waals surface area (Å²) in [4.78, 5) is 24.6. The fourth-order valence-corrected chi connectivity index (χ4v) is 10.0. The number of amides is 1. The van der Waals surface area contributed by atoms with Gasteiger partial charge in [0.05, 0.1) is 25.4 Å². The van der Waals surface area contributed by atoms with Crippen LogP contribution in [0.15, 0.2) is 24.3 Å². The summed E-state index contributed by atoms with van der Waals surface area (Å²) in [6.45, 7) is 4.90. The summed E-state index contributed by atoms with van der Waals surface area (Å²) in [6, 6.07) is -0.640. The van der Waals surface area contributed by atoms with Gasteiger partial charge < -0.3 is 20.3 Å². The first-order chi connectivity index (χ1) is 35.0. The summed E-state index contributed by atoms with van der Waals surface area (Å²) < 4.78 is 5.47. The van der Waals surface area contributed by atoms with Crippen LogP contribution >= 0.6 is 0 Å². The zero-order valence-corrected chi connectivity index (χ0v) is 48.0. The summed E-state index contributed by atoms with van der Waals surface area (Å²) in [6.07, 6.45) is 75.1. The van der Waals surface area contributed by atoms with Crippen molar-refractivity contribution in [1.29, 1.82) is 0 Å². The van der Waals surface area contributed by atoms with Crippen molar-refractivity contribution >= 4 is 11.9 Å². The van der Waals surface area contributed by atoms with Crippen molar-refractivity contribution in [2.24, 2.45) is 0 Å². The first kappa shape index (κ1) is 69.3. The number of unbranched alkanes of at least 4 members (excludes halogenated alkanes) is 47. The Kier molecular flexibility index (Phi) is 59.5. The van der Waals surface area contributed by atoms with E-state index in [4.69, 9.17) is 4.74 Å². The SMILES string of the molecule is CCCCCCCCCCCCCCCCCCCCCCCCC/C=C/C(O)C(CO)NC(=O)CCCCCCCCC/C=C\CCCCCCOC(=O)CCCCCCCCCCCCCCCC. The van der Waals surface area contributed by atoms with E-state index in [1.807, 2.05) is 6.08 Å². The van der Waals surface area contributed by atoms with Gasteiger partial charge in [-0.25, -0.2) is 0 Å². The van der Waals surface area contributed by atoms with Gasteiger partial charge in [-0.15, -0.1) is 0 Å². The lowest BCUT2D eigenvalue weighted by Gasteiger charge is -2.20. The van der Waals surface area contributed by atoms with E-state index in [0.29, 0.717) is 19.4 Å². The number of nitrogens with one attached hydrogen (secondary N) is 1. The molecular formula is C65H125NO5. The number of allylic oxidation sites excluding steroid dienone is 3. The molecule has 0 radical (unpaired) electrons. The van der Waals surface area contributed by atoms with Gasteiger partial charge in [0.1, 0.15) is 0 Å². The number of aliphatic hydroxyl groups excluding tert-OH is 2. The van der Waals surface area contributed by atoms with Crippen LogP contribution in [0.5, 0.6) is 0 Å². The maximum Gasteiger partial charge on any atom is 0.305 e. The van der Waals surface area contributed by atoms with Gasteiger partial charge in [-0.1, -0.05) is 308 Å². The molecule has 0 spiro atoms. The van der Waals surface area contributed by atoms with Crippen LogP contribution in [0.1, 0.15) is 354 Å². The summed E-state index contributed by atoms with van der Waals surface area (Å²) >= 11 is 0. The van der Waals surface area contributed by atoms with E-state index in [2.05, 4.69) is 31.3 Å². The van der Waals surface area contributed by atoms with Crippen LogP contribution in [0, 0.1) is 0 Å². The number of esters is 1. The molecule has 0 heterocycles. The zero-order valence-electron chi connectivity index (χ0n) is 48.0. The Balaban J connectivity index is 3.49. The Labute approximate surface area is 443 Å². The third-order valence-corrected chi connectivity index (χ3v) is 15.0. The van der Waals surface area contributed by atoms with Crippen molar-refractivity contribution < 1.29 is 24.5 Å². The zero-order chi connectivity index (χ0) is 51.4. The molecule has 0 aromatic rings. The molecule has 71 heavy (non-hydrogen) atoms. The van der Waals surface area contributed by atoms with Crippen LogP contribution in [-0.4, -0.2) is 47.4 Å². The summed E-state index contributed by atoms with van der Waals surface area (Å²) in [5.41, 5.74) is 0. The number of rotatable bonds is 60. The highest BCUT2D eigenvalue weighted by Crippen LogP contribution is 2.18. The smallest absolute Gasteiger partial charge is 0.305 e. The Morgan fingerprint density at radius 2 is 0.662 bits per heavy atom. The standard InChI is InChI=1S/C65H125NO5/c1-3-5-7-9-11-13-15-17-19-20-21-22-23-24-25-26-27-28-30-33-37-41-45-49-53-57-63(68)62(61-67)66-64(69)58-54-50-46-42-38-34-31-29-32-36-40-44-48-52-56-60-71-65(70)59-55-51-47-43-39-35-18-16-14-12-10-8-6-4-2/h32,36,53,57,62-63,67-68H,3-31,33-35,37-52,54-56,58-61H2,1-2H3,(H,66,69)/b36-32-,57-53+. The molecule has 0 saturated carbocycles. The molecule has 6 heteroatoms. The van der Waals surface area contributed by atoms with Gasteiger partial charge in [-0.2, -0.15) is 0 Å². The van der Waals surface area contributed by atoms with E-state index in [1.165, 1.54) is 257 Å². The molecule has 3 N–H and O–H groups in total. The van der Waals surface area contributed by atoms with Crippen LogP contribution in [-0.2, 0) is 14.3 Å². The van der Waals surface area contributed by atoms with E-state index in [1.54, 1.807) is 6.08 Å². The summed E-state index contributed by atoms with van der Waals surface area (Å²) in [7, 11) is 0. The number of carbonyl (C=O) groups is 2. The number of ether oxygens (including phenoxy) is 1. The van der Waals surface area contributed by atoms with Crippen molar-refractivity contribution in [3.8, 4) is 0 Å². The highest BCUT2D eigenvalue weighted by Gasteiger charge is 2.18. The lowest BCUT2D eigenvalue weighted by atomic mass is 10.0. The largest absolute Gasteiger partial charge is 0.466 e. The van der Waals surface area contributed by atoms with Crippen molar-refractivity contribution in [3.05, 3.63) is 24.3 Å². The summed E-state index contributed by atoms with van der Waals surface area (Å²) in [5.74, 6) is -0.0874. The third-order valence-electron chi connectivity index (χ3n) is 15.0. The predicted octanol–water partition coefficient (Wildman–Crippen LogP) is 20.2. The third kappa shape index (κ3) is 57.5. The van der Waals surface area contributed by atoms with Gasteiger partial charge in [0.25, 0.3) is 0 Å². The van der Waals surface area contributed by atoms with Crippen molar-refractivity contribution in [1.82, 2.24) is 5.32 Å². The Bertz CT molecular complexity index is 1110. The fraction of sp³-hybridized carbons (Fsp3) is 0.908. The van der Waals surface area contributed by atoms with Crippen molar-refractivity contribution in [2.45, 2.75) is 366 Å². The van der Waals surface area contributed by atoms with Crippen LogP contribution in [0.25, 0.3) is 0 Å². The number of hydrogen-bond acceptors (Lipinski definition) is 5. The van der Waals surface area contributed by atoms with Gasteiger partial charge in [0, 0.05) is 12.8 Å². The van der Waals surface area contributed by atoms with E-state index in [-0.39, 0.29) is 18.5 Å². The van der Waals surface area contributed by atoms with E-state index in [0.717, 1.165) is 70.6 Å². The minimum atomic E-state index is -0.856. The molecule has 1 amide bonds. The first-order valence-electron chi connectivity index (χ1n) is 32.1. The second-order valence-corrected chi connectivity index (χ2v) is 22.1. The average molecular weight is 1000 g/mol. The van der Waals surface area contributed by atoms with Gasteiger partial charge in [0.2, 0.25) is 5.91 Å². The molecule has 0 rings (SSSR count). The molecule has 0 fully saturated rings. The first-order valence-corrected chi connectivity index (χ1v) is 32.1. The van der Waals surface area contributed by atoms with E-state index >= 15 is 0 Å². The van der Waals surface area contributed by atoms with Crippen LogP contribution in [0.3, 0.4) is 0 Å². The Hall–Kier alpha value is -1.66. The predicted molar refractivity (Wildman–Crippen MR) is 310 cm³/mol. The van der Waals surface area contributed by atoms with Crippen LogP contribution in [0.2, 0.25) is 0 Å². The topological polar surface area (TPSA) is 95.9 Å². The monoisotopic (exact) mass is 1000 g/mol. The molecule has 6 nitrogen and oxygen atoms in total. The highest BCUT2D eigenvalue weighted by molar-refractivity contribution is 5.76. The molecule has 2 atom stereocenters. The maximum atomic E-state index is 12.5. The number of carbonyl (C=O) groups excluding carboxylic acids is 2. The lowest BCUT2D eigenvalue weighted by Crippen LogP contribution is -2.45. The minimum Gasteiger partial charge on any atom is -0.466 e. The van der Waals surface area contributed by atoms with Gasteiger partial charge in [-0.05, 0) is 57.8 Å². The normalized spacial score (nSPS) is 12.7. The summed E-state index contributed by atoms with van der Waals surface area (Å²) in [5, 5.41) is 23.2. The lowest BCUT2D eigenvalue weighted by molar-refractivity contribution is -0.143. The van der Waals surface area contributed by atoms with Crippen molar-refractivity contribution in [3.63, 3.8) is 0 Å². The van der Waals surface area contributed by atoms with Crippen molar-refractivity contribution in [2.75, 3.05) is 13.2 Å². The number of aliphatic hydroxyl groups is 2. The molecule has 0 bridgehead atoms. The molecule has 0 aromatic carbocycles. The molecule has 0 saturated heterocycles. The van der Waals surface area contributed by atoms with Crippen LogP contribution < -0.4 is 5.32 Å². The van der Waals surface area contributed by atoms with Crippen LogP contribution in [0.4, 0.5) is 0 Å². The second kappa shape index (κ2) is 60.9. The molecule has 0 aromatic heterocycles. The second-order valence-electron chi connectivity index (χ2n) is 22.1. The minimum absolute atomic E-state index is 0.00813. The number of hydrogen-bond donors (Lipinski definition) is 3. The van der Waals surface area contributed by atoms with E-state index in [9.17, 15) is 19.8 Å².